The highest BCUT2D eigenvalue weighted by atomic mass is 16.5. The summed E-state index contributed by atoms with van der Waals surface area (Å²) in [5, 5.41) is 0. The summed E-state index contributed by atoms with van der Waals surface area (Å²) >= 11 is 0. The largest absolute Gasteiger partial charge is 0.477 e. The van der Waals surface area contributed by atoms with Gasteiger partial charge in [0.15, 0.2) is 0 Å². The highest BCUT2D eigenvalue weighted by Crippen LogP contribution is 2.26. The number of hydrogen-bond acceptors (Lipinski definition) is 3. The Kier molecular flexibility index (Phi) is 4.59. The first kappa shape index (κ1) is 13.3. The van der Waals surface area contributed by atoms with Gasteiger partial charge in [0.1, 0.15) is 0 Å². The van der Waals surface area contributed by atoms with Crippen molar-refractivity contribution in [2.24, 2.45) is 11.7 Å². The summed E-state index contributed by atoms with van der Waals surface area (Å²) in [4.78, 5) is 4.65. The van der Waals surface area contributed by atoms with Gasteiger partial charge in [-0.2, -0.15) is 0 Å². The van der Waals surface area contributed by atoms with Crippen LogP contribution in [0, 0.1) is 5.92 Å². The van der Waals surface area contributed by atoms with Gasteiger partial charge in [-0.3, -0.25) is 0 Å². The third kappa shape index (κ3) is 3.02. The second kappa shape index (κ2) is 6.19. The molecule has 0 saturated heterocycles. The van der Waals surface area contributed by atoms with Gasteiger partial charge in [0.25, 0.3) is 0 Å². The molecule has 1 aliphatic carbocycles. The zero-order chi connectivity index (χ0) is 13.0. The minimum atomic E-state index is 0.512. The van der Waals surface area contributed by atoms with Crippen molar-refractivity contribution in [1.82, 2.24) is 4.98 Å². The molecule has 0 aromatic carbocycles. The normalized spacial score (nSPS) is 15.5. The lowest BCUT2D eigenvalue weighted by Gasteiger charge is -2.15. The van der Waals surface area contributed by atoms with Crippen LogP contribution in [0.2, 0.25) is 0 Å². The lowest BCUT2D eigenvalue weighted by Crippen LogP contribution is -2.12. The van der Waals surface area contributed by atoms with Crippen molar-refractivity contribution < 1.29 is 4.74 Å². The molecule has 1 heterocycles. The molecule has 0 aliphatic heterocycles. The zero-order valence-electron chi connectivity index (χ0n) is 11.5. The van der Waals surface area contributed by atoms with Crippen LogP contribution in [-0.4, -0.2) is 11.6 Å². The summed E-state index contributed by atoms with van der Waals surface area (Å²) in [7, 11) is 0. The fraction of sp³-hybridized carbons (Fsp3) is 0.667. The van der Waals surface area contributed by atoms with E-state index >= 15 is 0 Å². The molecule has 2 rings (SSSR count). The van der Waals surface area contributed by atoms with E-state index < -0.39 is 0 Å². The number of hydrogen-bond donors (Lipinski definition) is 1. The molecule has 1 unspecified atom stereocenters. The van der Waals surface area contributed by atoms with E-state index in [0.717, 1.165) is 30.9 Å². The number of fused-ring (bicyclic) bond motifs is 1. The van der Waals surface area contributed by atoms with E-state index in [4.69, 9.17) is 10.5 Å². The van der Waals surface area contributed by atoms with Crippen molar-refractivity contribution in [2.75, 3.05) is 6.61 Å². The Balaban J connectivity index is 2.07. The van der Waals surface area contributed by atoms with E-state index in [1.807, 2.05) is 0 Å². The Morgan fingerprint density at radius 3 is 3.00 bits per heavy atom. The third-order valence-electron chi connectivity index (χ3n) is 3.60. The van der Waals surface area contributed by atoms with E-state index in [0.29, 0.717) is 12.5 Å². The number of pyridine rings is 1. The van der Waals surface area contributed by atoms with Gasteiger partial charge < -0.3 is 10.5 Å². The molecule has 0 saturated carbocycles. The summed E-state index contributed by atoms with van der Waals surface area (Å²) in [5.74, 6) is 1.34. The predicted molar refractivity (Wildman–Crippen MR) is 73.7 cm³/mol. The fourth-order valence-electron chi connectivity index (χ4n) is 2.57. The van der Waals surface area contributed by atoms with Gasteiger partial charge in [0.05, 0.1) is 6.61 Å². The van der Waals surface area contributed by atoms with Gasteiger partial charge in [-0.05, 0) is 43.2 Å². The summed E-state index contributed by atoms with van der Waals surface area (Å²) < 4.78 is 5.88. The smallest absolute Gasteiger partial charge is 0.218 e. The average Bonchev–Trinajstić information content (AvgIpc) is 2.82. The maximum absolute atomic E-state index is 5.88. The monoisotopic (exact) mass is 248 g/mol. The molecule has 0 amide bonds. The first-order chi connectivity index (χ1) is 8.74. The minimum Gasteiger partial charge on any atom is -0.477 e. The van der Waals surface area contributed by atoms with Crippen LogP contribution in [0.15, 0.2) is 6.07 Å². The van der Waals surface area contributed by atoms with Gasteiger partial charge in [-0.25, -0.2) is 4.98 Å². The van der Waals surface area contributed by atoms with E-state index in [-0.39, 0.29) is 0 Å². The summed E-state index contributed by atoms with van der Waals surface area (Å²) in [6.45, 7) is 5.68. The van der Waals surface area contributed by atoms with Crippen molar-refractivity contribution in [1.29, 1.82) is 0 Å². The molecule has 0 fully saturated rings. The first-order valence-corrected chi connectivity index (χ1v) is 7.09. The molecular formula is C15H24N2O. The Hall–Kier alpha value is -1.09. The Labute approximate surface area is 110 Å². The minimum absolute atomic E-state index is 0.512. The van der Waals surface area contributed by atoms with Crippen LogP contribution < -0.4 is 10.5 Å². The molecule has 1 aromatic heterocycles. The molecule has 1 atom stereocenters. The average molecular weight is 248 g/mol. The van der Waals surface area contributed by atoms with Crippen LogP contribution >= 0.6 is 0 Å². The van der Waals surface area contributed by atoms with Gasteiger partial charge in [-0.15, -0.1) is 0 Å². The first-order valence-electron chi connectivity index (χ1n) is 7.09. The molecule has 3 nitrogen and oxygen atoms in total. The van der Waals surface area contributed by atoms with Crippen molar-refractivity contribution >= 4 is 0 Å². The highest BCUT2D eigenvalue weighted by Gasteiger charge is 2.17. The van der Waals surface area contributed by atoms with E-state index in [1.54, 1.807) is 0 Å². The summed E-state index contributed by atoms with van der Waals surface area (Å²) in [6, 6.07) is 2.19. The second-order valence-corrected chi connectivity index (χ2v) is 5.32. The molecule has 0 bridgehead atoms. The van der Waals surface area contributed by atoms with Crippen LogP contribution in [-0.2, 0) is 19.4 Å². The lowest BCUT2D eigenvalue weighted by atomic mass is 10.1. The Bertz CT molecular complexity index is 404. The number of nitrogens with two attached hydrogens (primary N) is 1. The molecule has 3 heteroatoms. The van der Waals surface area contributed by atoms with Crippen LogP contribution in [0.5, 0.6) is 5.88 Å². The quantitative estimate of drug-likeness (QED) is 0.842. The molecule has 0 radical (unpaired) electrons. The molecule has 1 aromatic rings. The zero-order valence-corrected chi connectivity index (χ0v) is 11.5. The SMILES string of the molecule is CCCC(C)COc1nc2c(cc1CN)CCC2. The fourth-order valence-corrected chi connectivity index (χ4v) is 2.57. The lowest BCUT2D eigenvalue weighted by molar-refractivity contribution is 0.240. The van der Waals surface area contributed by atoms with Crippen molar-refractivity contribution in [2.45, 2.75) is 52.5 Å². The maximum atomic E-state index is 5.88. The van der Waals surface area contributed by atoms with E-state index in [2.05, 4.69) is 24.9 Å². The number of rotatable bonds is 6. The number of aryl methyl sites for hydroxylation is 2. The summed E-state index contributed by atoms with van der Waals surface area (Å²) in [6.07, 6.45) is 5.83. The number of ether oxygens (including phenoxy) is 1. The molecule has 18 heavy (non-hydrogen) atoms. The van der Waals surface area contributed by atoms with Gasteiger partial charge in [0, 0.05) is 17.8 Å². The van der Waals surface area contributed by atoms with Crippen molar-refractivity contribution in [3.63, 3.8) is 0 Å². The van der Waals surface area contributed by atoms with Gasteiger partial charge in [0.2, 0.25) is 5.88 Å². The van der Waals surface area contributed by atoms with Gasteiger partial charge in [-0.1, -0.05) is 20.3 Å². The van der Waals surface area contributed by atoms with Crippen LogP contribution in [0.25, 0.3) is 0 Å². The van der Waals surface area contributed by atoms with E-state index in [1.165, 1.54) is 30.5 Å². The summed E-state index contributed by atoms with van der Waals surface area (Å²) in [5.41, 5.74) is 9.42. The Morgan fingerprint density at radius 1 is 1.44 bits per heavy atom. The van der Waals surface area contributed by atoms with Crippen LogP contribution in [0.4, 0.5) is 0 Å². The molecule has 2 N–H and O–H groups in total. The highest BCUT2D eigenvalue weighted by molar-refractivity contribution is 5.36. The second-order valence-electron chi connectivity index (χ2n) is 5.32. The predicted octanol–water partition coefficient (Wildman–Crippen LogP) is 2.84. The van der Waals surface area contributed by atoms with Crippen molar-refractivity contribution in [3.8, 4) is 5.88 Å². The van der Waals surface area contributed by atoms with E-state index in [9.17, 15) is 0 Å². The molecule has 0 spiro atoms. The maximum Gasteiger partial charge on any atom is 0.218 e. The molecule has 1 aliphatic rings. The standard InChI is InChI=1S/C15H24N2O/c1-3-5-11(2)10-18-15-13(9-16)8-12-6-4-7-14(12)17-15/h8,11H,3-7,9-10,16H2,1-2H3. The van der Waals surface area contributed by atoms with Crippen LogP contribution in [0.3, 0.4) is 0 Å². The molecule has 100 valence electrons. The van der Waals surface area contributed by atoms with Crippen LogP contribution in [0.1, 0.15) is 49.9 Å². The Morgan fingerprint density at radius 2 is 2.28 bits per heavy atom. The topological polar surface area (TPSA) is 48.1 Å². The van der Waals surface area contributed by atoms with Crippen molar-refractivity contribution in [3.05, 3.63) is 22.9 Å². The number of aromatic nitrogens is 1. The van der Waals surface area contributed by atoms with Gasteiger partial charge >= 0.3 is 0 Å². The third-order valence-corrected chi connectivity index (χ3v) is 3.60. The molecular weight excluding hydrogens is 224 g/mol. The number of nitrogens with zero attached hydrogens (tertiary/aromatic N) is 1.